The molecule has 1 aromatic heterocycles. The second-order valence-corrected chi connectivity index (χ2v) is 9.16. The molecule has 4 rings (SSSR count). The van der Waals surface area contributed by atoms with E-state index < -0.39 is 0 Å². The van der Waals surface area contributed by atoms with Gasteiger partial charge >= 0.3 is 0 Å². The van der Waals surface area contributed by atoms with Crippen LogP contribution in [0.25, 0.3) is 0 Å². The molecule has 1 aliphatic carbocycles. The molecule has 0 saturated carbocycles. The first-order chi connectivity index (χ1) is 15.1. The average molecular weight is 443 g/mol. The predicted octanol–water partition coefficient (Wildman–Crippen LogP) is 2.63. The number of aryl methyl sites for hydroxylation is 1. The Morgan fingerprint density at radius 1 is 1.19 bits per heavy atom. The smallest absolute Gasteiger partial charge is 0.223 e. The standard InChI is InChI=1S/C23H30N4O3S/c1-3-21(28)26-10-12-27(13-11-26)23-25-19-9-6-17(14-20(19)31-23)22(29)24-15-16-4-7-18(30-2)8-5-16/h4-5,7-8,17H,3,6,9-15H2,1-2H3,(H,24,29)/t17-/m1/s1. The van der Waals surface area contributed by atoms with Crippen molar-refractivity contribution in [2.75, 3.05) is 38.2 Å². The number of fused-ring (bicyclic) bond motifs is 1. The SMILES string of the molecule is CCC(=O)N1CCN(c2nc3c(s2)C[C@H](C(=O)NCc2ccc(OC)cc2)CC3)CC1. The average Bonchev–Trinajstić information content (AvgIpc) is 3.26. The Kier molecular flexibility index (Phi) is 6.75. The van der Waals surface area contributed by atoms with Gasteiger partial charge in [-0.15, -0.1) is 11.3 Å². The molecule has 7 nitrogen and oxygen atoms in total. The zero-order valence-corrected chi connectivity index (χ0v) is 19.0. The minimum Gasteiger partial charge on any atom is -0.497 e. The molecular formula is C23H30N4O3S. The van der Waals surface area contributed by atoms with Crippen LogP contribution in [0.1, 0.15) is 35.9 Å². The Labute approximate surface area is 187 Å². The number of carbonyl (C=O) groups is 2. The highest BCUT2D eigenvalue weighted by molar-refractivity contribution is 7.15. The lowest BCUT2D eigenvalue weighted by molar-refractivity contribution is -0.131. The quantitative estimate of drug-likeness (QED) is 0.744. The molecule has 0 spiro atoms. The summed E-state index contributed by atoms with van der Waals surface area (Å²) in [5, 5.41) is 4.12. The van der Waals surface area contributed by atoms with Gasteiger partial charge in [-0.1, -0.05) is 19.1 Å². The number of piperazine rings is 1. The van der Waals surface area contributed by atoms with Crippen molar-refractivity contribution >= 4 is 28.3 Å². The molecule has 1 saturated heterocycles. The third-order valence-corrected chi connectivity index (χ3v) is 7.31. The number of hydrogen-bond donors (Lipinski definition) is 1. The number of anilines is 1. The normalized spacial score (nSPS) is 18.5. The molecule has 2 heterocycles. The lowest BCUT2D eigenvalue weighted by Crippen LogP contribution is -2.48. The first-order valence-corrected chi connectivity index (χ1v) is 11.8. The number of carbonyl (C=O) groups excluding carboxylic acids is 2. The highest BCUT2D eigenvalue weighted by Gasteiger charge is 2.29. The van der Waals surface area contributed by atoms with Crippen molar-refractivity contribution in [1.29, 1.82) is 0 Å². The number of amides is 2. The Morgan fingerprint density at radius 3 is 2.61 bits per heavy atom. The van der Waals surface area contributed by atoms with Crippen molar-refractivity contribution in [3.8, 4) is 5.75 Å². The van der Waals surface area contributed by atoms with Gasteiger partial charge in [0.25, 0.3) is 0 Å². The Hall–Kier alpha value is -2.61. The van der Waals surface area contributed by atoms with Crippen LogP contribution in [0.5, 0.6) is 5.75 Å². The monoisotopic (exact) mass is 442 g/mol. The number of rotatable bonds is 6. The summed E-state index contributed by atoms with van der Waals surface area (Å²) in [7, 11) is 1.65. The van der Waals surface area contributed by atoms with Crippen molar-refractivity contribution < 1.29 is 14.3 Å². The molecule has 1 fully saturated rings. The zero-order chi connectivity index (χ0) is 21.8. The first kappa shape index (κ1) is 21.6. The number of methoxy groups -OCH3 is 1. The fraction of sp³-hybridized carbons (Fsp3) is 0.522. The van der Waals surface area contributed by atoms with E-state index in [1.165, 1.54) is 4.88 Å². The molecule has 0 radical (unpaired) electrons. The molecule has 2 aromatic rings. The molecule has 0 unspecified atom stereocenters. The van der Waals surface area contributed by atoms with E-state index in [9.17, 15) is 9.59 Å². The summed E-state index contributed by atoms with van der Waals surface area (Å²) in [5.41, 5.74) is 2.21. The topological polar surface area (TPSA) is 74.8 Å². The maximum absolute atomic E-state index is 12.7. The van der Waals surface area contributed by atoms with E-state index in [-0.39, 0.29) is 17.7 Å². The third-order valence-electron chi connectivity index (χ3n) is 6.13. The molecule has 2 amide bonds. The van der Waals surface area contributed by atoms with Crippen LogP contribution in [0, 0.1) is 5.92 Å². The number of aromatic nitrogens is 1. The van der Waals surface area contributed by atoms with Crippen LogP contribution in [0.3, 0.4) is 0 Å². The van der Waals surface area contributed by atoms with Crippen molar-refractivity contribution in [3.63, 3.8) is 0 Å². The van der Waals surface area contributed by atoms with Gasteiger partial charge in [-0.2, -0.15) is 0 Å². The Morgan fingerprint density at radius 2 is 1.94 bits per heavy atom. The number of thiazole rings is 1. The van der Waals surface area contributed by atoms with Crippen molar-refractivity contribution in [2.24, 2.45) is 5.92 Å². The Balaban J connectivity index is 1.31. The molecule has 166 valence electrons. The highest BCUT2D eigenvalue weighted by atomic mass is 32.1. The maximum atomic E-state index is 12.7. The molecule has 8 heteroatoms. The fourth-order valence-corrected chi connectivity index (χ4v) is 5.41. The van der Waals surface area contributed by atoms with E-state index in [1.807, 2.05) is 36.1 Å². The summed E-state index contributed by atoms with van der Waals surface area (Å²) in [4.78, 5) is 35.0. The number of hydrogen-bond acceptors (Lipinski definition) is 6. The molecule has 31 heavy (non-hydrogen) atoms. The van der Waals surface area contributed by atoms with E-state index in [0.29, 0.717) is 13.0 Å². The molecule has 1 aliphatic heterocycles. The fourth-order valence-electron chi connectivity index (χ4n) is 4.17. The van der Waals surface area contributed by atoms with Crippen molar-refractivity contribution in [2.45, 2.75) is 39.2 Å². The molecule has 1 N–H and O–H groups in total. The van der Waals surface area contributed by atoms with Gasteiger partial charge in [0.15, 0.2) is 5.13 Å². The highest BCUT2D eigenvalue weighted by Crippen LogP contribution is 2.34. The molecule has 2 aliphatic rings. The maximum Gasteiger partial charge on any atom is 0.223 e. The van der Waals surface area contributed by atoms with E-state index in [2.05, 4.69) is 10.2 Å². The molecular weight excluding hydrogens is 412 g/mol. The molecule has 1 atom stereocenters. The number of ether oxygens (including phenoxy) is 1. The van der Waals surface area contributed by atoms with Gasteiger partial charge in [0.1, 0.15) is 5.75 Å². The summed E-state index contributed by atoms with van der Waals surface area (Å²) in [6, 6.07) is 7.76. The lowest BCUT2D eigenvalue weighted by atomic mass is 9.90. The Bertz CT molecular complexity index is 919. The first-order valence-electron chi connectivity index (χ1n) is 11.0. The van der Waals surface area contributed by atoms with Crippen LogP contribution in [0.2, 0.25) is 0 Å². The van der Waals surface area contributed by atoms with Crippen LogP contribution >= 0.6 is 11.3 Å². The molecule has 0 bridgehead atoms. The summed E-state index contributed by atoms with van der Waals surface area (Å²) < 4.78 is 5.18. The summed E-state index contributed by atoms with van der Waals surface area (Å²) >= 11 is 1.71. The van der Waals surface area contributed by atoms with Crippen LogP contribution in [0.4, 0.5) is 5.13 Å². The van der Waals surface area contributed by atoms with Crippen molar-refractivity contribution in [1.82, 2.24) is 15.2 Å². The van der Waals surface area contributed by atoms with Gasteiger partial charge in [-0.05, 0) is 37.0 Å². The van der Waals surface area contributed by atoms with Gasteiger partial charge < -0.3 is 19.9 Å². The van der Waals surface area contributed by atoms with Gasteiger partial charge in [0.05, 0.1) is 12.8 Å². The van der Waals surface area contributed by atoms with E-state index >= 15 is 0 Å². The van der Waals surface area contributed by atoms with Crippen LogP contribution < -0.4 is 15.0 Å². The summed E-state index contributed by atoms with van der Waals surface area (Å²) in [6.07, 6.45) is 3.01. The summed E-state index contributed by atoms with van der Waals surface area (Å²) in [6.45, 7) is 5.60. The second-order valence-electron chi connectivity index (χ2n) is 8.09. The minimum absolute atomic E-state index is 0.00179. The summed E-state index contributed by atoms with van der Waals surface area (Å²) in [5.74, 6) is 1.15. The van der Waals surface area contributed by atoms with E-state index in [4.69, 9.17) is 9.72 Å². The van der Waals surface area contributed by atoms with Gasteiger partial charge in [0.2, 0.25) is 11.8 Å². The zero-order valence-electron chi connectivity index (χ0n) is 18.2. The largest absolute Gasteiger partial charge is 0.497 e. The second kappa shape index (κ2) is 9.68. The predicted molar refractivity (Wildman–Crippen MR) is 122 cm³/mol. The van der Waals surface area contributed by atoms with E-state index in [1.54, 1.807) is 18.4 Å². The van der Waals surface area contributed by atoms with Crippen LogP contribution in [-0.4, -0.2) is 55.0 Å². The lowest BCUT2D eigenvalue weighted by Gasteiger charge is -2.34. The third kappa shape index (κ3) is 5.01. The van der Waals surface area contributed by atoms with Gasteiger partial charge in [-0.3, -0.25) is 9.59 Å². The van der Waals surface area contributed by atoms with Gasteiger partial charge in [-0.25, -0.2) is 4.98 Å². The van der Waals surface area contributed by atoms with Gasteiger partial charge in [0, 0.05) is 49.9 Å². The number of nitrogens with one attached hydrogen (secondary N) is 1. The number of benzene rings is 1. The number of nitrogens with zero attached hydrogens (tertiary/aromatic N) is 3. The van der Waals surface area contributed by atoms with E-state index in [0.717, 1.165) is 67.6 Å². The minimum atomic E-state index is -0.00179. The van der Waals surface area contributed by atoms with Crippen molar-refractivity contribution in [3.05, 3.63) is 40.4 Å². The molecule has 1 aromatic carbocycles. The van der Waals surface area contributed by atoms with Crippen LogP contribution in [0.15, 0.2) is 24.3 Å². The van der Waals surface area contributed by atoms with Crippen LogP contribution in [-0.2, 0) is 29.0 Å².